The zero-order valence-electron chi connectivity index (χ0n) is 12.7. The minimum atomic E-state index is -0.350. The summed E-state index contributed by atoms with van der Waals surface area (Å²) in [6.07, 6.45) is 0. The Balaban J connectivity index is 2.13. The average molecular weight is 440 g/mol. The summed E-state index contributed by atoms with van der Waals surface area (Å²) in [4.78, 5) is 15.1. The number of carbonyl (C=O) groups excluding carboxylic acids is 1. The summed E-state index contributed by atoms with van der Waals surface area (Å²) in [5, 5.41) is 0.664. The number of carbonyl (C=O) groups is 1. The maximum atomic E-state index is 11.8. The van der Waals surface area contributed by atoms with Crippen LogP contribution >= 0.6 is 34.2 Å². The lowest BCUT2D eigenvalue weighted by Gasteiger charge is -2.11. The molecule has 1 N–H and O–H groups in total. The molecule has 23 heavy (non-hydrogen) atoms. The molecule has 3 nitrogen and oxygen atoms in total. The molecular formula is C18H15ClINO2. The summed E-state index contributed by atoms with van der Waals surface area (Å²) in [7, 11) is 1.38. The number of halogens is 2. The van der Waals surface area contributed by atoms with Crippen molar-refractivity contribution in [3.8, 4) is 0 Å². The van der Waals surface area contributed by atoms with Crippen LogP contribution in [0.25, 0.3) is 10.9 Å². The minimum absolute atomic E-state index is 0.284. The van der Waals surface area contributed by atoms with Gasteiger partial charge in [0, 0.05) is 25.7 Å². The van der Waals surface area contributed by atoms with E-state index in [1.165, 1.54) is 10.7 Å². The van der Waals surface area contributed by atoms with Crippen molar-refractivity contribution in [2.24, 2.45) is 0 Å². The molecule has 2 aromatic carbocycles. The Labute approximate surface area is 153 Å². The van der Waals surface area contributed by atoms with E-state index in [1.807, 2.05) is 43.3 Å². The molecule has 1 heterocycles. The number of methoxy groups -OCH3 is 1. The quantitative estimate of drug-likeness (QED) is 0.346. The van der Waals surface area contributed by atoms with Gasteiger partial charge in [-0.3, -0.25) is 0 Å². The second-order valence-electron chi connectivity index (χ2n) is 5.33. The molecule has 3 aromatic rings. The fourth-order valence-electron chi connectivity index (χ4n) is 2.72. The molecule has 1 atom stereocenters. The SMILES string of the molecule is COC(=O)c1ccc2[nH]c(C)c(C(Cl)c3ccc(I)cc3)c2c1. The Hall–Kier alpha value is -1.53. The molecule has 0 saturated heterocycles. The van der Waals surface area contributed by atoms with Crippen LogP contribution in [0.5, 0.6) is 0 Å². The highest BCUT2D eigenvalue weighted by atomic mass is 127. The number of aryl methyl sites for hydroxylation is 1. The number of alkyl halides is 1. The molecule has 0 aliphatic carbocycles. The Bertz CT molecular complexity index is 871. The van der Waals surface area contributed by atoms with E-state index in [0.29, 0.717) is 5.56 Å². The fraction of sp³-hybridized carbons (Fsp3) is 0.167. The van der Waals surface area contributed by atoms with Crippen LogP contribution in [0.2, 0.25) is 0 Å². The maximum Gasteiger partial charge on any atom is 0.337 e. The van der Waals surface area contributed by atoms with Crippen LogP contribution in [0.1, 0.15) is 32.6 Å². The minimum Gasteiger partial charge on any atom is -0.465 e. The van der Waals surface area contributed by atoms with E-state index in [2.05, 4.69) is 27.6 Å². The predicted octanol–water partition coefficient (Wildman–Crippen LogP) is 5.20. The third-order valence-electron chi connectivity index (χ3n) is 3.87. The van der Waals surface area contributed by atoms with Crippen molar-refractivity contribution in [2.45, 2.75) is 12.3 Å². The number of benzene rings is 2. The van der Waals surface area contributed by atoms with Crippen molar-refractivity contribution >= 4 is 51.1 Å². The number of ether oxygens (including phenoxy) is 1. The van der Waals surface area contributed by atoms with Gasteiger partial charge in [0.1, 0.15) is 0 Å². The first-order valence-corrected chi connectivity index (χ1v) is 8.63. The van der Waals surface area contributed by atoms with Crippen LogP contribution in [0.3, 0.4) is 0 Å². The van der Waals surface area contributed by atoms with E-state index in [0.717, 1.165) is 27.7 Å². The molecule has 0 saturated carbocycles. The standard InChI is InChI=1S/C18H15ClINO2/c1-10-16(17(19)11-3-6-13(20)7-4-11)14-9-12(18(22)23-2)5-8-15(14)21-10/h3-9,17,21H,1-2H3. The first kappa shape index (κ1) is 16.3. The summed E-state index contributed by atoms with van der Waals surface area (Å²) in [5.41, 5.74) is 4.50. The van der Waals surface area contributed by atoms with Gasteiger partial charge in [-0.05, 0) is 65.4 Å². The van der Waals surface area contributed by atoms with Gasteiger partial charge in [-0.2, -0.15) is 0 Å². The van der Waals surface area contributed by atoms with E-state index in [1.54, 1.807) is 6.07 Å². The van der Waals surface area contributed by atoms with Gasteiger partial charge in [0.05, 0.1) is 18.1 Å². The molecule has 0 radical (unpaired) electrons. The number of esters is 1. The highest BCUT2D eigenvalue weighted by Crippen LogP contribution is 2.37. The zero-order valence-corrected chi connectivity index (χ0v) is 15.6. The lowest BCUT2D eigenvalue weighted by Crippen LogP contribution is -2.01. The first-order chi connectivity index (χ1) is 11.0. The van der Waals surface area contributed by atoms with Crippen molar-refractivity contribution in [1.29, 1.82) is 0 Å². The molecule has 3 rings (SSSR count). The monoisotopic (exact) mass is 439 g/mol. The van der Waals surface area contributed by atoms with Crippen molar-refractivity contribution < 1.29 is 9.53 Å². The van der Waals surface area contributed by atoms with Crippen LogP contribution in [-0.2, 0) is 4.74 Å². The van der Waals surface area contributed by atoms with Gasteiger partial charge in [-0.1, -0.05) is 12.1 Å². The zero-order chi connectivity index (χ0) is 16.6. The van der Waals surface area contributed by atoms with Crippen molar-refractivity contribution in [2.75, 3.05) is 7.11 Å². The van der Waals surface area contributed by atoms with E-state index in [-0.39, 0.29) is 11.3 Å². The van der Waals surface area contributed by atoms with Gasteiger partial charge in [0.15, 0.2) is 0 Å². The molecule has 0 spiro atoms. The Morgan fingerprint density at radius 2 is 1.91 bits per heavy atom. The van der Waals surface area contributed by atoms with Gasteiger partial charge < -0.3 is 9.72 Å². The molecule has 0 amide bonds. The molecule has 0 aliphatic heterocycles. The van der Waals surface area contributed by atoms with Crippen LogP contribution in [0, 0.1) is 10.5 Å². The Kier molecular flexibility index (Phi) is 4.64. The molecule has 1 unspecified atom stereocenters. The lowest BCUT2D eigenvalue weighted by atomic mass is 10.0. The van der Waals surface area contributed by atoms with Crippen LogP contribution < -0.4 is 0 Å². The lowest BCUT2D eigenvalue weighted by molar-refractivity contribution is 0.0601. The average Bonchev–Trinajstić information content (AvgIpc) is 2.89. The van der Waals surface area contributed by atoms with Crippen molar-refractivity contribution in [1.82, 2.24) is 4.98 Å². The Morgan fingerprint density at radius 1 is 1.22 bits per heavy atom. The smallest absolute Gasteiger partial charge is 0.337 e. The predicted molar refractivity (Wildman–Crippen MR) is 101 cm³/mol. The summed E-state index contributed by atoms with van der Waals surface area (Å²) in [6, 6.07) is 13.6. The highest BCUT2D eigenvalue weighted by molar-refractivity contribution is 14.1. The van der Waals surface area contributed by atoms with E-state index >= 15 is 0 Å². The van der Waals surface area contributed by atoms with E-state index in [4.69, 9.17) is 16.3 Å². The van der Waals surface area contributed by atoms with Crippen molar-refractivity contribution in [3.05, 3.63) is 68.4 Å². The molecule has 5 heteroatoms. The first-order valence-electron chi connectivity index (χ1n) is 7.11. The molecule has 0 bridgehead atoms. The van der Waals surface area contributed by atoms with Crippen LogP contribution in [0.4, 0.5) is 0 Å². The number of H-pyrrole nitrogens is 1. The number of aromatic nitrogens is 1. The van der Waals surface area contributed by atoms with E-state index in [9.17, 15) is 4.79 Å². The summed E-state index contributed by atoms with van der Waals surface area (Å²) < 4.78 is 5.97. The second-order valence-corrected chi connectivity index (χ2v) is 7.01. The van der Waals surface area contributed by atoms with Gasteiger partial charge in [-0.25, -0.2) is 4.79 Å². The van der Waals surface area contributed by atoms with Crippen LogP contribution in [-0.4, -0.2) is 18.1 Å². The highest BCUT2D eigenvalue weighted by Gasteiger charge is 2.20. The second kappa shape index (κ2) is 6.53. The number of hydrogen-bond acceptors (Lipinski definition) is 2. The molecule has 0 aliphatic rings. The number of fused-ring (bicyclic) bond motifs is 1. The van der Waals surface area contributed by atoms with E-state index < -0.39 is 0 Å². The van der Waals surface area contributed by atoms with Crippen molar-refractivity contribution in [3.63, 3.8) is 0 Å². The maximum absolute atomic E-state index is 11.8. The number of aromatic amines is 1. The molecule has 1 aromatic heterocycles. The third-order valence-corrected chi connectivity index (χ3v) is 5.06. The Morgan fingerprint density at radius 3 is 2.57 bits per heavy atom. The largest absolute Gasteiger partial charge is 0.465 e. The molecule has 118 valence electrons. The fourth-order valence-corrected chi connectivity index (χ4v) is 3.50. The summed E-state index contributed by atoms with van der Waals surface area (Å²) in [5.74, 6) is -0.350. The third kappa shape index (κ3) is 3.10. The van der Waals surface area contributed by atoms with Gasteiger partial charge in [0.25, 0.3) is 0 Å². The van der Waals surface area contributed by atoms with Gasteiger partial charge in [0.2, 0.25) is 0 Å². The van der Waals surface area contributed by atoms with Gasteiger partial charge in [-0.15, -0.1) is 11.6 Å². The summed E-state index contributed by atoms with van der Waals surface area (Å²) >= 11 is 9.01. The molecule has 0 fully saturated rings. The molecular weight excluding hydrogens is 425 g/mol. The normalized spacial score (nSPS) is 12.3. The summed E-state index contributed by atoms with van der Waals surface area (Å²) in [6.45, 7) is 2.00. The van der Waals surface area contributed by atoms with Gasteiger partial charge >= 0.3 is 5.97 Å². The number of rotatable bonds is 3. The van der Waals surface area contributed by atoms with Crippen LogP contribution in [0.15, 0.2) is 42.5 Å². The number of hydrogen-bond donors (Lipinski definition) is 1. The topological polar surface area (TPSA) is 42.1 Å². The number of nitrogens with one attached hydrogen (secondary N) is 1.